The van der Waals surface area contributed by atoms with Gasteiger partial charge in [-0.3, -0.25) is 4.79 Å². The molecule has 2 aliphatic heterocycles. The lowest BCUT2D eigenvalue weighted by Gasteiger charge is -2.57. The van der Waals surface area contributed by atoms with Crippen LogP contribution >= 0.6 is 0 Å². The van der Waals surface area contributed by atoms with Gasteiger partial charge < -0.3 is 23.4 Å². The minimum absolute atomic E-state index is 0.0103. The Morgan fingerprint density at radius 2 is 1.67 bits per heavy atom. The van der Waals surface area contributed by atoms with Crippen LogP contribution in [0.3, 0.4) is 0 Å². The summed E-state index contributed by atoms with van der Waals surface area (Å²) in [5.41, 5.74) is 1.15. The molecule has 1 aromatic rings. The number of carbonyl (C=O) groups excluding carboxylic acids is 1. The van der Waals surface area contributed by atoms with Crippen molar-refractivity contribution in [2.45, 2.75) is 123 Å². The lowest BCUT2D eigenvalue weighted by atomic mass is 9.75. The van der Waals surface area contributed by atoms with Gasteiger partial charge in [-0.2, -0.15) is 0 Å². The molecule has 0 aliphatic carbocycles. The monoisotopic (exact) mass is 520 g/mol. The molecule has 0 saturated carbocycles. The van der Waals surface area contributed by atoms with E-state index in [4.69, 9.17) is 23.4 Å². The second kappa shape index (κ2) is 11.6. The van der Waals surface area contributed by atoms with Gasteiger partial charge in [0.1, 0.15) is 6.10 Å². The highest BCUT2D eigenvalue weighted by Crippen LogP contribution is 2.50. The van der Waals surface area contributed by atoms with Gasteiger partial charge in [0.05, 0.1) is 24.9 Å². The Labute approximate surface area is 219 Å². The molecule has 2 fully saturated rings. The van der Waals surface area contributed by atoms with Crippen molar-refractivity contribution in [3.63, 3.8) is 0 Å². The first-order chi connectivity index (χ1) is 16.7. The zero-order valence-corrected chi connectivity index (χ0v) is 24.8. The zero-order valence-electron chi connectivity index (χ0n) is 23.8. The molecule has 2 saturated heterocycles. The number of benzene rings is 1. The summed E-state index contributed by atoms with van der Waals surface area (Å²) in [4.78, 5) is 12.0. The van der Waals surface area contributed by atoms with E-state index in [1.807, 2.05) is 18.2 Å². The van der Waals surface area contributed by atoms with E-state index in [0.29, 0.717) is 26.1 Å². The summed E-state index contributed by atoms with van der Waals surface area (Å²) in [6, 6.07) is 10.2. The van der Waals surface area contributed by atoms with E-state index in [1.54, 1.807) is 0 Å². The van der Waals surface area contributed by atoms with Crippen LogP contribution in [0.4, 0.5) is 0 Å². The first kappa shape index (κ1) is 29.3. The minimum Gasteiger partial charge on any atom is -0.462 e. The second-order valence-electron chi connectivity index (χ2n) is 12.3. The molecule has 0 aromatic heterocycles. The van der Waals surface area contributed by atoms with Gasteiger partial charge in [0.2, 0.25) is 0 Å². The van der Waals surface area contributed by atoms with Crippen LogP contribution < -0.4 is 0 Å². The SMILES string of the molecule is CC(=O)O[C@@H]1C[C@H](CCOCc2ccccc2)O[C@@]2(O[C@@H](C)C[C@@H](O[Si](C)(C)C(C)(C)C)[C@@H]2C)[C@@H]1C. The smallest absolute Gasteiger partial charge is 0.302 e. The summed E-state index contributed by atoms with van der Waals surface area (Å²) in [6.07, 6.45) is 1.74. The fraction of sp³-hybridized carbons (Fsp3) is 0.759. The van der Waals surface area contributed by atoms with Crippen molar-refractivity contribution in [3.05, 3.63) is 35.9 Å². The Hall–Kier alpha value is -1.25. The third kappa shape index (κ3) is 6.78. The molecule has 7 heteroatoms. The van der Waals surface area contributed by atoms with Crippen LogP contribution in [0.25, 0.3) is 0 Å². The molecule has 36 heavy (non-hydrogen) atoms. The predicted octanol–water partition coefficient (Wildman–Crippen LogP) is 6.48. The van der Waals surface area contributed by atoms with E-state index < -0.39 is 14.1 Å². The molecular formula is C29H48O6Si. The summed E-state index contributed by atoms with van der Waals surface area (Å²) in [5.74, 6) is -1.28. The Morgan fingerprint density at radius 3 is 2.28 bits per heavy atom. The highest BCUT2D eigenvalue weighted by molar-refractivity contribution is 6.74. The summed E-state index contributed by atoms with van der Waals surface area (Å²) < 4.78 is 32.3. The summed E-state index contributed by atoms with van der Waals surface area (Å²) in [7, 11) is -2.00. The van der Waals surface area contributed by atoms with Crippen molar-refractivity contribution in [3.8, 4) is 0 Å². The van der Waals surface area contributed by atoms with Crippen LogP contribution in [0.2, 0.25) is 18.1 Å². The van der Waals surface area contributed by atoms with Gasteiger partial charge in [-0.15, -0.1) is 0 Å². The average Bonchev–Trinajstić information content (AvgIpc) is 2.77. The fourth-order valence-electron chi connectivity index (χ4n) is 5.28. The lowest BCUT2D eigenvalue weighted by molar-refractivity contribution is -0.381. The molecule has 1 aromatic carbocycles. The van der Waals surface area contributed by atoms with Crippen LogP contribution in [0.15, 0.2) is 30.3 Å². The van der Waals surface area contributed by atoms with Gasteiger partial charge in [0.25, 0.3) is 0 Å². The molecule has 1 spiro atoms. The predicted molar refractivity (Wildman–Crippen MR) is 144 cm³/mol. The first-order valence-corrected chi connectivity index (χ1v) is 16.5. The quantitative estimate of drug-likeness (QED) is 0.222. The average molecular weight is 521 g/mol. The number of carbonyl (C=O) groups is 1. The van der Waals surface area contributed by atoms with E-state index in [2.05, 4.69) is 66.8 Å². The highest BCUT2D eigenvalue weighted by atomic mass is 28.4. The van der Waals surface area contributed by atoms with Crippen molar-refractivity contribution in [1.82, 2.24) is 0 Å². The molecule has 0 bridgehead atoms. The van der Waals surface area contributed by atoms with Crippen LogP contribution in [0.1, 0.15) is 73.3 Å². The van der Waals surface area contributed by atoms with E-state index in [9.17, 15) is 4.79 Å². The maximum absolute atomic E-state index is 12.0. The molecule has 0 unspecified atom stereocenters. The molecule has 204 valence electrons. The normalized spacial score (nSPS) is 33.5. The summed E-state index contributed by atoms with van der Waals surface area (Å²) >= 11 is 0. The van der Waals surface area contributed by atoms with Crippen LogP contribution in [-0.4, -0.2) is 51.1 Å². The van der Waals surface area contributed by atoms with Gasteiger partial charge in [-0.1, -0.05) is 65.0 Å². The number of esters is 1. The molecule has 2 aliphatic rings. The van der Waals surface area contributed by atoms with E-state index >= 15 is 0 Å². The maximum Gasteiger partial charge on any atom is 0.302 e. The fourth-order valence-corrected chi connectivity index (χ4v) is 6.69. The van der Waals surface area contributed by atoms with Crippen LogP contribution in [-0.2, 0) is 34.8 Å². The molecular weight excluding hydrogens is 472 g/mol. The Balaban J connectivity index is 1.78. The van der Waals surface area contributed by atoms with Crippen LogP contribution in [0, 0.1) is 11.8 Å². The third-order valence-corrected chi connectivity index (χ3v) is 13.0. The topological polar surface area (TPSA) is 63.2 Å². The number of ether oxygens (including phenoxy) is 4. The molecule has 0 radical (unpaired) electrons. The number of hydrogen-bond donors (Lipinski definition) is 0. The molecule has 0 amide bonds. The molecule has 2 heterocycles. The van der Waals surface area contributed by atoms with E-state index in [0.717, 1.165) is 12.0 Å². The van der Waals surface area contributed by atoms with Crippen molar-refractivity contribution in [1.29, 1.82) is 0 Å². The Morgan fingerprint density at radius 1 is 1.03 bits per heavy atom. The Kier molecular flexibility index (Phi) is 9.48. The molecule has 7 atom stereocenters. The van der Waals surface area contributed by atoms with Gasteiger partial charge in [0, 0.05) is 31.8 Å². The van der Waals surface area contributed by atoms with Crippen LogP contribution in [0.5, 0.6) is 0 Å². The molecule has 3 rings (SSSR count). The van der Waals surface area contributed by atoms with E-state index in [1.165, 1.54) is 6.92 Å². The van der Waals surface area contributed by atoms with Crippen molar-refractivity contribution in [2.75, 3.05) is 6.61 Å². The van der Waals surface area contributed by atoms with Gasteiger partial charge in [0.15, 0.2) is 14.1 Å². The van der Waals surface area contributed by atoms with E-state index in [-0.39, 0.29) is 47.3 Å². The summed E-state index contributed by atoms with van der Waals surface area (Å²) in [6.45, 7) is 20.4. The number of hydrogen-bond acceptors (Lipinski definition) is 6. The van der Waals surface area contributed by atoms with Gasteiger partial charge >= 0.3 is 5.97 Å². The van der Waals surface area contributed by atoms with Crippen molar-refractivity contribution >= 4 is 14.3 Å². The molecule has 6 nitrogen and oxygen atoms in total. The second-order valence-corrected chi connectivity index (χ2v) is 17.1. The van der Waals surface area contributed by atoms with Gasteiger partial charge in [-0.25, -0.2) is 0 Å². The molecule has 0 N–H and O–H groups in total. The van der Waals surface area contributed by atoms with Crippen molar-refractivity contribution in [2.24, 2.45) is 11.8 Å². The first-order valence-electron chi connectivity index (χ1n) is 13.6. The third-order valence-electron chi connectivity index (χ3n) is 8.45. The lowest BCUT2D eigenvalue weighted by Crippen LogP contribution is -2.66. The number of rotatable bonds is 8. The minimum atomic E-state index is -2.00. The zero-order chi connectivity index (χ0) is 26.7. The largest absolute Gasteiger partial charge is 0.462 e. The van der Waals surface area contributed by atoms with Gasteiger partial charge in [-0.05, 0) is 43.5 Å². The maximum atomic E-state index is 12.0. The van der Waals surface area contributed by atoms with Crippen molar-refractivity contribution < 1.29 is 28.2 Å². The Bertz CT molecular complexity index is 853. The standard InChI is InChI=1S/C29H48O6Si/c1-20-17-27(35-36(8,9)28(5,6)7)22(3)29(33-20)21(2)26(32-23(4)30)18-25(34-29)15-16-31-19-24-13-11-10-12-14-24/h10-14,20-22,25-27H,15-19H2,1-9H3/t20-,21+,22-,25-,26+,27+,29-/m0/s1. The highest BCUT2D eigenvalue weighted by Gasteiger charge is 2.59. The summed E-state index contributed by atoms with van der Waals surface area (Å²) in [5, 5.41) is 0.110.